The Hall–Kier alpha value is -3.82. The molecule has 0 unspecified atom stereocenters. The van der Waals surface area contributed by atoms with Gasteiger partial charge in [-0.2, -0.15) is 5.10 Å². The maximum absolute atomic E-state index is 14.0. The van der Waals surface area contributed by atoms with Crippen LogP contribution in [0.2, 0.25) is 0 Å². The fourth-order valence-corrected chi connectivity index (χ4v) is 3.06. The molecule has 1 amide bonds. The molecule has 0 aliphatic heterocycles. The van der Waals surface area contributed by atoms with Gasteiger partial charge in [-0.1, -0.05) is 18.2 Å². The number of carbonyl (C=O) groups excluding carboxylic acids is 2. The largest absolute Gasteiger partial charge is 0.457 e. The summed E-state index contributed by atoms with van der Waals surface area (Å²) in [7, 11) is 1.69. The van der Waals surface area contributed by atoms with Gasteiger partial charge >= 0.3 is 12.1 Å². The van der Waals surface area contributed by atoms with E-state index in [1.54, 1.807) is 59.1 Å². The summed E-state index contributed by atoms with van der Waals surface area (Å²) in [6.45, 7) is 6.90. The van der Waals surface area contributed by atoms with Crippen molar-refractivity contribution in [2.75, 3.05) is 5.32 Å². The van der Waals surface area contributed by atoms with Crippen molar-refractivity contribution in [3.05, 3.63) is 59.9 Å². The lowest BCUT2D eigenvalue weighted by Crippen LogP contribution is -2.27. The minimum absolute atomic E-state index is 0.105. The molecule has 0 saturated carbocycles. The van der Waals surface area contributed by atoms with Crippen LogP contribution in [-0.4, -0.2) is 37.4 Å². The molecule has 0 aliphatic rings. The zero-order chi connectivity index (χ0) is 24.2. The minimum Gasteiger partial charge on any atom is -0.457 e. The number of anilines is 1. The summed E-state index contributed by atoms with van der Waals surface area (Å²) >= 11 is 0. The van der Waals surface area contributed by atoms with Crippen LogP contribution in [-0.2, 0) is 27.7 Å². The van der Waals surface area contributed by atoms with Gasteiger partial charge in [-0.15, -0.1) is 0 Å². The number of rotatable bonds is 6. The number of aryl methyl sites for hydroxylation is 1. The minimum atomic E-state index is -0.746. The summed E-state index contributed by atoms with van der Waals surface area (Å²) in [6.07, 6.45) is 2.94. The monoisotopic (exact) mass is 455 g/mol. The molecule has 0 aliphatic carbocycles. The van der Waals surface area contributed by atoms with Gasteiger partial charge in [0.15, 0.2) is 5.82 Å². The number of hydrogen-bond acceptors (Lipinski definition) is 7. The van der Waals surface area contributed by atoms with E-state index in [-0.39, 0.29) is 6.42 Å². The van der Waals surface area contributed by atoms with Crippen LogP contribution in [0.4, 0.5) is 14.9 Å². The molecule has 0 radical (unpaired) electrons. The molecule has 0 bridgehead atoms. The predicted octanol–water partition coefficient (Wildman–Crippen LogP) is 4.21. The van der Waals surface area contributed by atoms with Crippen LogP contribution >= 0.6 is 0 Å². The van der Waals surface area contributed by atoms with Crippen molar-refractivity contribution < 1.29 is 23.5 Å². The second-order valence-corrected chi connectivity index (χ2v) is 8.38. The number of nitrogens with zero attached hydrogens (tertiary/aromatic N) is 4. The van der Waals surface area contributed by atoms with Crippen LogP contribution < -0.4 is 5.32 Å². The normalized spacial score (nSPS) is 12.2. The van der Waals surface area contributed by atoms with Crippen molar-refractivity contribution in [2.45, 2.75) is 45.8 Å². The van der Waals surface area contributed by atoms with Crippen LogP contribution in [0.5, 0.6) is 0 Å². The molecule has 9 nitrogen and oxygen atoms in total. The Morgan fingerprint density at radius 3 is 2.45 bits per heavy atom. The van der Waals surface area contributed by atoms with Crippen molar-refractivity contribution in [1.29, 1.82) is 0 Å². The molecule has 3 rings (SSSR count). The van der Waals surface area contributed by atoms with E-state index in [2.05, 4.69) is 20.4 Å². The van der Waals surface area contributed by atoms with E-state index in [1.807, 2.05) is 0 Å². The summed E-state index contributed by atoms with van der Waals surface area (Å²) in [4.78, 5) is 33.0. The van der Waals surface area contributed by atoms with Crippen molar-refractivity contribution in [3.63, 3.8) is 0 Å². The van der Waals surface area contributed by atoms with E-state index in [4.69, 9.17) is 9.47 Å². The highest BCUT2D eigenvalue weighted by atomic mass is 19.1. The highest BCUT2D eigenvalue weighted by molar-refractivity contribution is 5.84. The van der Waals surface area contributed by atoms with Crippen molar-refractivity contribution in [1.82, 2.24) is 19.7 Å². The maximum atomic E-state index is 14.0. The van der Waals surface area contributed by atoms with Crippen LogP contribution in [0.15, 0.2) is 42.9 Å². The zero-order valence-electron chi connectivity index (χ0n) is 19.1. The molecular weight excluding hydrogens is 429 g/mol. The average Bonchev–Trinajstić information content (AvgIpc) is 3.07. The highest BCUT2D eigenvalue weighted by Crippen LogP contribution is 2.24. The van der Waals surface area contributed by atoms with E-state index in [0.717, 1.165) is 0 Å². The van der Waals surface area contributed by atoms with E-state index < -0.39 is 29.6 Å². The van der Waals surface area contributed by atoms with E-state index in [0.29, 0.717) is 28.3 Å². The number of carbonyl (C=O) groups is 2. The molecular formula is C23H26FN5O4. The number of ether oxygens (including phenoxy) is 2. The number of halogens is 1. The third-order valence-electron chi connectivity index (χ3n) is 4.56. The van der Waals surface area contributed by atoms with E-state index >= 15 is 0 Å². The topological polar surface area (TPSA) is 108 Å². The summed E-state index contributed by atoms with van der Waals surface area (Å²) in [5, 5.41) is 6.75. The van der Waals surface area contributed by atoms with Gasteiger partial charge in [0.2, 0.25) is 0 Å². The standard InChI is InChI=1S/C23H26FN5O4/c1-14(16-8-6-7-9-18(16)24)32-20(30)10-19-17(13-27-29(19)5)21-25-11-15(12-26-21)28-22(31)33-23(2,3)4/h6-9,11-14H,10H2,1-5H3,(H,28,31)/t14-/m1/s1. The molecule has 0 spiro atoms. The van der Waals surface area contributed by atoms with Gasteiger partial charge in [-0.25, -0.2) is 19.2 Å². The molecule has 174 valence electrons. The van der Waals surface area contributed by atoms with Crippen molar-refractivity contribution in [2.24, 2.45) is 7.05 Å². The number of esters is 1. The molecule has 33 heavy (non-hydrogen) atoms. The predicted molar refractivity (Wildman–Crippen MR) is 119 cm³/mol. The molecule has 2 heterocycles. The average molecular weight is 455 g/mol. The fraction of sp³-hybridized carbons (Fsp3) is 0.348. The second kappa shape index (κ2) is 9.76. The van der Waals surface area contributed by atoms with Crippen LogP contribution in [0, 0.1) is 5.82 Å². The van der Waals surface area contributed by atoms with E-state index in [1.165, 1.54) is 23.1 Å². The van der Waals surface area contributed by atoms with Crippen molar-refractivity contribution >= 4 is 17.7 Å². The summed E-state index contributed by atoms with van der Waals surface area (Å²) < 4.78 is 26.1. The first kappa shape index (κ1) is 23.8. The Morgan fingerprint density at radius 1 is 1.15 bits per heavy atom. The lowest BCUT2D eigenvalue weighted by molar-refractivity contribution is -0.148. The molecule has 1 aromatic carbocycles. The molecule has 0 saturated heterocycles. The number of amides is 1. The van der Waals surface area contributed by atoms with Gasteiger partial charge in [-0.05, 0) is 33.8 Å². The maximum Gasteiger partial charge on any atom is 0.412 e. The summed E-state index contributed by atoms with van der Waals surface area (Å²) in [5.74, 6) is -0.658. The third kappa shape index (κ3) is 6.34. The number of nitrogens with one attached hydrogen (secondary N) is 1. The first-order chi connectivity index (χ1) is 15.5. The summed E-state index contributed by atoms with van der Waals surface area (Å²) in [5.41, 5.74) is 1.10. The first-order valence-corrected chi connectivity index (χ1v) is 10.3. The zero-order valence-corrected chi connectivity index (χ0v) is 19.1. The van der Waals surface area contributed by atoms with Gasteiger partial charge in [-0.3, -0.25) is 14.8 Å². The Balaban J connectivity index is 1.70. The summed E-state index contributed by atoms with van der Waals surface area (Å²) in [6, 6.07) is 6.14. The third-order valence-corrected chi connectivity index (χ3v) is 4.56. The van der Waals surface area contributed by atoms with Crippen LogP contribution in [0.1, 0.15) is 45.1 Å². The number of benzene rings is 1. The fourth-order valence-electron chi connectivity index (χ4n) is 3.06. The number of aromatic nitrogens is 4. The highest BCUT2D eigenvalue weighted by Gasteiger charge is 2.21. The van der Waals surface area contributed by atoms with Crippen molar-refractivity contribution in [3.8, 4) is 11.4 Å². The van der Waals surface area contributed by atoms with Gasteiger partial charge in [0.1, 0.15) is 17.5 Å². The van der Waals surface area contributed by atoms with Gasteiger partial charge in [0, 0.05) is 12.6 Å². The van der Waals surface area contributed by atoms with Crippen LogP contribution in [0.25, 0.3) is 11.4 Å². The lowest BCUT2D eigenvalue weighted by atomic mass is 10.1. The molecule has 2 aromatic heterocycles. The molecule has 10 heteroatoms. The first-order valence-electron chi connectivity index (χ1n) is 10.3. The molecule has 0 fully saturated rings. The number of hydrogen-bond donors (Lipinski definition) is 1. The molecule has 1 N–H and O–H groups in total. The van der Waals surface area contributed by atoms with Gasteiger partial charge in [0.05, 0.1) is 42.0 Å². The van der Waals surface area contributed by atoms with Gasteiger partial charge in [0.25, 0.3) is 0 Å². The van der Waals surface area contributed by atoms with Gasteiger partial charge < -0.3 is 9.47 Å². The SMILES string of the molecule is C[C@@H](OC(=O)Cc1c(-c2ncc(NC(=O)OC(C)(C)C)cn2)cnn1C)c1ccccc1F. The molecule has 1 atom stereocenters. The van der Waals surface area contributed by atoms with Crippen LogP contribution in [0.3, 0.4) is 0 Å². The lowest BCUT2D eigenvalue weighted by Gasteiger charge is -2.19. The second-order valence-electron chi connectivity index (χ2n) is 8.38. The smallest absolute Gasteiger partial charge is 0.412 e. The van der Waals surface area contributed by atoms with E-state index in [9.17, 15) is 14.0 Å². The Kier molecular flexibility index (Phi) is 7.05. The quantitative estimate of drug-likeness (QED) is 0.555. The Bertz CT molecular complexity index is 1140. The Labute approximate surface area is 191 Å². The molecule has 3 aromatic rings. The Morgan fingerprint density at radius 2 is 1.82 bits per heavy atom.